The molecule has 17 heavy (non-hydrogen) atoms. The Labute approximate surface area is 130 Å². The van der Waals surface area contributed by atoms with Gasteiger partial charge < -0.3 is 25.4 Å². The van der Waals surface area contributed by atoms with Gasteiger partial charge in [-0.05, 0) is 12.8 Å². The summed E-state index contributed by atoms with van der Waals surface area (Å²) in [4.78, 5) is 21.4. The predicted octanol–water partition coefficient (Wildman–Crippen LogP) is -2.37. The molecule has 1 atom stereocenters. The number of carboxylic acid groups (broad SMARTS) is 1. The van der Waals surface area contributed by atoms with Gasteiger partial charge in [-0.15, -0.1) is 0 Å². The molecule has 0 aromatic carbocycles. The number of carbonyl (C=O) groups is 2. The van der Waals surface area contributed by atoms with Gasteiger partial charge in [0, 0.05) is 17.9 Å². The number of aliphatic carboxylic acids is 1. The first kappa shape index (κ1) is 19.5. The van der Waals surface area contributed by atoms with Crippen molar-refractivity contribution in [3.8, 4) is 0 Å². The molecule has 0 saturated heterocycles. The van der Waals surface area contributed by atoms with Gasteiger partial charge in [-0.2, -0.15) is 0 Å². The van der Waals surface area contributed by atoms with Gasteiger partial charge in [0.2, 0.25) is 5.91 Å². The van der Waals surface area contributed by atoms with Crippen molar-refractivity contribution in [3.05, 3.63) is 0 Å². The van der Waals surface area contributed by atoms with Crippen LogP contribution in [-0.4, -0.2) is 79.1 Å². The van der Waals surface area contributed by atoms with Gasteiger partial charge in [0.25, 0.3) is 0 Å². The molecule has 0 aromatic heterocycles. The van der Waals surface area contributed by atoms with E-state index in [1.165, 1.54) is 0 Å². The van der Waals surface area contributed by atoms with Crippen molar-refractivity contribution in [3.63, 3.8) is 0 Å². The van der Waals surface area contributed by atoms with Crippen LogP contribution in [0.2, 0.25) is 0 Å². The minimum absolute atomic E-state index is 0. The van der Waals surface area contributed by atoms with E-state index in [0.29, 0.717) is 0 Å². The molecule has 94 valence electrons. The first-order valence-corrected chi connectivity index (χ1v) is 5.07. The van der Waals surface area contributed by atoms with Crippen molar-refractivity contribution in [2.75, 3.05) is 13.2 Å². The van der Waals surface area contributed by atoms with Crippen LogP contribution in [0.4, 0.5) is 0 Å². The number of amides is 1. The van der Waals surface area contributed by atoms with E-state index in [1.54, 1.807) is 13.8 Å². The first-order valence-electron chi connectivity index (χ1n) is 5.07. The van der Waals surface area contributed by atoms with Crippen molar-refractivity contribution in [1.29, 1.82) is 0 Å². The monoisotopic (exact) mass is 272 g/mol. The molecule has 0 bridgehead atoms. The summed E-state index contributed by atoms with van der Waals surface area (Å²) in [5.74, 6) is -1.79. The standard InChI is InChI=1S/C10H19NO5.Ca/c1-10(2,6-12)8(15)9(16)11-5-3-4-7(13)14;/h8,12,15H,3-6H2,1-2H3,(H,11,16)(H,13,14);/q;+2/p-1. The van der Waals surface area contributed by atoms with E-state index in [2.05, 4.69) is 5.32 Å². The van der Waals surface area contributed by atoms with Gasteiger partial charge in [-0.25, -0.2) is 0 Å². The molecule has 0 rings (SSSR count). The second-order valence-electron chi connectivity index (χ2n) is 4.32. The smallest absolute Gasteiger partial charge is 0.550 e. The number of hydrogen-bond donors (Lipinski definition) is 3. The van der Waals surface area contributed by atoms with E-state index in [4.69, 9.17) is 5.11 Å². The van der Waals surface area contributed by atoms with Gasteiger partial charge >= 0.3 is 37.7 Å². The maximum Gasteiger partial charge on any atom is 2.00 e. The molecule has 0 heterocycles. The van der Waals surface area contributed by atoms with Crippen molar-refractivity contribution in [2.24, 2.45) is 5.41 Å². The number of hydrogen-bond acceptors (Lipinski definition) is 5. The summed E-state index contributed by atoms with van der Waals surface area (Å²) < 4.78 is 0. The van der Waals surface area contributed by atoms with Crippen LogP contribution in [0.5, 0.6) is 0 Å². The Kier molecular flexibility index (Phi) is 10.4. The summed E-state index contributed by atoms with van der Waals surface area (Å²) >= 11 is 0. The molecule has 0 aromatic rings. The number of nitrogens with one attached hydrogen (secondary N) is 1. The fraction of sp³-hybridized carbons (Fsp3) is 0.800. The normalized spacial score (nSPS) is 12.5. The molecule has 0 radical (unpaired) electrons. The predicted molar refractivity (Wildman–Crippen MR) is 59.9 cm³/mol. The van der Waals surface area contributed by atoms with Gasteiger partial charge in [0.1, 0.15) is 6.10 Å². The first-order chi connectivity index (χ1) is 7.31. The molecule has 0 aliphatic heterocycles. The molecule has 6 nitrogen and oxygen atoms in total. The maximum absolute atomic E-state index is 11.4. The summed E-state index contributed by atoms with van der Waals surface area (Å²) in [6.45, 7) is 2.95. The van der Waals surface area contributed by atoms with Gasteiger partial charge in [0.05, 0.1) is 6.61 Å². The maximum atomic E-state index is 11.4. The Hall–Kier alpha value is 0.120. The van der Waals surface area contributed by atoms with Crippen molar-refractivity contribution in [2.45, 2.75) is 32.8 Å². The molecular formula is C10H18CaNO5+. The molecule has 1 amide bonds. The Bertz CT molecular complexity index is 257. The van der Waals surface area contributed by atoms with Crippen LogP contribution in [0.3, 0.4) is 0 Å². The SMILES string of the molecule is CC(C)(CO)C(O)C(=O)NCCCC(=O)[O-].[Ca+2]. The average molecular weight is 272 g/mol. The Balaban J connectivity index is 0. The molecule has 7 heteroatoms. The number of carbonyl (C=O) groups excluding carboxylic acids is 2. The number of carboxylic acids is 1. The summed E-state index contributed by atoms with van der Waals surface area (Å²) in [5, 5.41) is 30.9. The zero-order chi connectivity index (χ0) is 12.8. The van der Waals surface area contributed by atoms with E-state index in [1.807, 2.05) is 0 Å². The van der Waals surface area contributed by atoms with Crippen LogP contribution in [0.1, 0.15) is 26.7 Å². The quantitative estimate of drug-likeness (QED) is 0.354. The molecular weight excluding hydrogens is 254 g/mol. The summed E-state index contributed by atoms with van der Waals surface area (Å²) in [5.41, 5.74) is -0.918. The zero-order valence-corrected chi connectivity index (χ0v) is 12.4. The summed E-state index contributed by atoms with van der Waals surface area (Å²) in [6.07, 6.45) is -1.21. The Morgan fingerprint density at radius 3 is 2.35 bits per heavy atom. The average Bonchev–Trinajstić information content (AvgIpc) is 2.22. The van der Waals surface area contributed by atoms with Crippen LogP contribution in [0.15, 0.2) is 0 Å². The fourth-order valence-electron chi connectivity index (χ4n) is 0.982. The molecule has 0 aliphatic carbocycles. The van der Waals surface area contributed by atoms with Crippen LogP contribution < -0.4 is 10.4 Å². The number of aliphatic hydroxyl groups is 2. The summed E-state index contributed by atoms with van der Waals surface area (Å²) in [6, 6.07) is 0. The third-order valence-corrected chi connectivity index (χ3v) is 2.25. The fourth-order valence-corrected chi connectivity index (χ4v) is 0.982. The van der Waals surface area contributed by atoms with Gasteiger partial charge in [0.15, 0.2) is 0 Å². The van der Waals surface area contributed by atoms with E-state index in [-0.39, 0.29) is 63.7 Å². The largest absolute Gasteiger partial charge is 2.00 e. The second-order valence-corrected chi connectivity index (χ2v) is 4.32. The van der Waals surface area contributed by atoms with Crippen molar-refractivity contribution in [1.82, 2.24) is 5.32 Å². The zero-order valence-electron chi connectivity index (χ0n) is 10.2. The molecule has 0 fully saturated rings. The van der Waals surface area contributed by atoms with E-state index in [9.17, 15) is 19.8 Å². The molecule has 1 unspecified atom stereocenters. The Morgan fingerprint density at radius 2 is 1.94 bits per heavy atom. The van der Waals surface area contributed by atoms with E-state index in [0.717, 1.165) is 0 Å². The molecule has 0 aliphatic rings. The molecule has 0 spiro atoms. The molecule has 0 saturated carbocycles. The minimum atomic E-state index is -1.32. The van der Waals surface area contributed by atoms with Gasteiger partial charge in [-0.1, -0.05) is 13.8 Å². The van der Waals surface area contributed by atoms with E-state index < -0.39 is 23.4 Å². The van der Waals surface area contributed by atoms with Crippen molar-refractivity contribution < 1.29 is 24.9 Å². The Morgan fingerprint density at radius 1 is 1.41 bits per heavy atom. The number of aliphatic hydroxyl groups excluding tert-OH is 2. The summed E-state index contributed by atoms with van der Waals surface area (Å²) in [7, 11) is 0. The van der Waals surface area contributed by atoms with Crippen molar-refractivity contribution >= 4 is 49.6 Å². The van der Waals surface area contributed by atoms with Crippen LogP contribution in [-0.2, 0) is 9.59 Å². The minimum Gasteiger partial charge on any atom is -0.550 e. The third-order valence-electron chi connectivity index (χ3n) is 2.25. The van der Waals surface area contributed by atoms with Crippen LogP contribution in [0, 0.1) is 5.41 Å². The van der Waals surface area contributed by atoms with Crippen LogP contribution >= 0.6 is 0 Å². The number of rotatable bonds is 7. The van der Waals surface area contributed by atoms with Crippen LogP contribution in [0.25, 0.3) is 0 Å². The second kappa shape index (κ2) is 9.10. The third kappa shape index (κ3) is 7.94. The topological polar surface area (TPSA) is 110 Å². The van der Waals surface area contributed by atoms with Gasteiger partial charge in [-0.3, -0.25) is 4.79 Å². The molecule has 3 N–H and O–H groups in total. The van der Waals surface area contributed by atoms with E-state index >= 15 is 0 Å².